The van der Waals surface area contributed by atoms with Crippen LogP contribution in [-0.2, 0) is 26.1 Å². The highest BCUT2D eigenvalue weighted by atomic mass is 35.5. The molecule has 3 N–H and O–H groups in total. The van der Waals surface area contributed by atoms with Gasteiger partial charge in [-0.05, 0) is 24.7 Å². The van der Waals surface area contributed by atoms with E-state index in [4.69, 9.17) is 4.74 Å². The number of nitrogens with one attached hydrogen (secondary N) is 3. The first-order valence-corrected chi connectivity index (χ1v) is 8.89. The van der Waals surface area contributed by atoms with Crippen LogP contribution in [0.4, 0.5) is 0 Å². The lowest BCUT2D eigenvalue weighted by atomic mass is 10.1. The Balaban J connectivity index is 0.00000529. The van der Waals surface area contributed by atoms with Gasteiger partial charge in [0.15, 0.2) is 0 Å². The summed E-state index contributed by atoms with van der Waals surface area (Å²) in [7, 11) is -0.278. The van der Waals surface area contributed by atoms with Crippen molar-refractivity contribution in [2.75, 3.05) is 33.9 Å². The summed E-state index contributed by atoms with van der Waals surface area (Å²) in [5.74, 6) is -0.228. The molecule has 0 saturated carbocycles. The number of sulfonamides is 1. The maximum absolute atomic E-state index is 12.1. The molecule has 0 aliphatic heterocycles. The van der Waals surface area contributed by atoms with Crippen molar-refractivity contribution in [3.63, 3.8) is 0 Å². The number of halogens is 1. The van der Waals surface area contributed by atoms with Crippen molar-refractivity contribution in [1.82, 2.24) is 15.4 Å². The highest BCUT2D eigenvalue weighted by Gasteiger charge is 2.15. The molecule has 0 aromatic heterocycles. The first kappa shape index (κ1) is 22.8. The Morgan fingerprint density at radius 2 is 2.04 bits per heavy atom. The van der Waals surface area contributed by atoms with Gasteiger partial charge >= 0.3 is 0 Å². The van der Waals surface area contributed by atoms with Crippen molar-refractivity contribution in [3.8, 4) is 0 Å². The van der Waals surface area contributed by atoms with Gasteiger partial charge in [0.25, 0.3) is 0 Å². The molecule has 0 heterocycles. The number of benzene rings is 1. The van der Waals surface area contributed by atoms with E-state index in [9.17, 15) is 13.2 Å². The van der Waals surface area contributed by atoms with E-state index >= 15 is 0 Å². The molecule has 0 saturated heterocycles. The van der Waals surface area contributed by atoms with E-state index in [1.54, 1.807) is 25.2 Å². The van der Waals surface area contributed by atoms with Crippen molar-refractivity contribution in [2.45, 2.75) is 18.4 Å². The lowest BCUT2D eigenvalue weighted by Gasteiger charge is -2.12. The number of carbonyl (C=O) groups is 1. The van der Waals surface area contributed by atoms with Gasteiger partial charge in [0.05, 0.1) is 11.5 Å². The van der Waals surface area contributed by atoms with E-state index in [0.717, 1.165) is 5.56 Å². The average Bonchev–Trinajstić information content (AvgIpc) is 2.53. The Bertz CT molecular complexity index is 610. The van der Waals surface area contributed by atoms with Gasteiger partial charge in [-0.2, -0.15) is 0 Å². The van der Waals surface area contributed by atoms with Gasteiger partial charge < -0.3 is 15.4 Å². The van der Waals surface area contributed by atoms with Crippen LogP contribution >= 0.6 is 12.4 Å². The molecule has 9 heteroatoms. The van der Waals surface area contributed by atoms with Gasteiger partial charge in [0, 0.05) is 32.7 Å². The van der Waals surface area contributed by atoms with E-state index in [2.05, 4.69) is 15.4 Å². The van der Waals surface area contributed by atoms with Gasteiger partial charge in [-0.1, -0.05) is 19.1 Å². The fraction of sp³-hybridized carbons (Fsp3) is 0.533. The normalized spacial score (nSPS) is 12.3. The van der Waals surface area contributed by atoms with Crippen LogP contribution in [0, 0.1) is 5.92 Å². The first-order chi connectivity index (χ1) is 10.9. The molecule has 1 atom stereocenters. The molecular formula is C15H26ClN3O4S. The summed E-state index contributed by atoms with van der Waals surface area (Å²) < 4.78 is 31.5. The van der Waals surface area contributed by atoms with Gasteiger partial charge in [-0.25, -0.2) is 13.1 Å². The molecule has 1 unspecified atom stereocenters. The average molecular weight is 380 g/mol. The van der Waals surface area contributed by atoms with Crippen LogP contribution in [-0.4, -0.2) is 48.2 Å². The zero-order valence-corrected chi connectivity index (χ0v) is 15.8. The minimum absolute atomic E-state index is 0. The van der Waals surface area contributed by atoms with Gasteiger partial charge in [0.1, 0.15) is 0 Å². The van der Waals surface area contributed by atoms with E-state index in [1.807, 2.05) is 6.92 Å². The predicted molar refractivity (Wildman–Crippen MR) is 95.7 cm³/mol. The summed E-state index contributed by atoms with van der Waals surface area (Å²) in [5.41, 5.74) is 0.727. The van der Waals surface area contributed by atoms with Crippen molar-refractivity contribution >= 4 is 28.3 Å². The van der Waals surface area contributed by atoms with Gasteiger partial charge in [0.2, 0.25) is 15.9 Å². The second-order valence-corrected chi connectivity index (χ2v) is 6.98. The largest absolute Gasteiger partial charge is 0.383 e. The summed E-state index contributed by atoms with van der Waals surface area (Å²) in [6.07, 6.45) is 0. The molecule has 138 valence electrons. The van der Waals surface area contributed by atoms with E-state index in [1.165, 1.54) is 13.2 Å². The summed E-state index contributed by atoms with van der Waals surface area (Å²) in [6.45, 7) is 3.21. The van der Waals surface area contributed by atoms with Crippen LogP contribution < -0.4 is 15.4 Å². The smallest absolute Gasteiger partial charge is 0.240 e. The second kappa shape index (κ2) is 11.4. The molecule has 0 aliphatic carbocycles. The first-order valence-electron chi connectivity index (χ1n) is 7.40. The molecule has 7 nitrogen and oxygen atoms in total. The number of amides is 1. The SMILES string of the molecule is CNCC(C)C(=O)NCc1cccc(S(=O)(=O)NCCOC)c1.Cl. The highest BCUT2D eigenvalue weighted by molar-refractivity contribution is 7.89. The highest BCUT2D eigenvalue weighted by Crippen LogP contribution is 2.11. The Labute approximate surface area is 150 Å². The van der Waals surface area contributed by atoms with Crippen LogP contribution in [0.15, 0.2) is 29.2 Å². The minimum atomic E-state index is -3.57. The monoisotopic (exact) mass is 379 g/mol. The molecule has 0 spiro atoms. The third-order valence-corrected chi connectivity index (χ3v) is 4.69. The van der Waals surface area contributed by atoms with Crippen LogP contribution in [0.1, 0.15) is 12.5 Å². The zero-order valence-electron chi connectivity index (χ0n) is 14.2. The quantitative estimate of drug-likeness (QED) is 0.514. The standard InChI is InChI=1S/C15H25N3O4S.ClH/c1-12(10-16-2)15(19)17-11-13-5-4-6-14(9-13)23(20,21)18-7-8-22-3;/h4-6,9,12,16,18H,7-8,10-11H2,1-3H3,(H,17,19);1H. The number of rotatable bonds is 10. The molecule has 0 aliphatic rings. The van der Waals surface area contributed by atoms with E-state index in [-0.39, 0.29) is 42.2 Å². The number of methoxy groups -OCH3 is 1. The maximum Gasteiger partial charge on any atom is 0.240 e. The van der Waals surface area contributed by atoms with E-state index < -0.39 is 10.0 Å². The maximum atomic E-state index is 12.1. The fourth-order valence-electron chi connectivity index (χ4n) is 1.95. The number of ether oxygens (including phenoxy) is 1. The topological polar surface area (TPSA) is 96.5 Å². The Hall–Kier alpha value is -1.19. The molecule has 1 aromatic carbocycles. The predicted octanol–water partition coefficient (Wildman–Crippen LogP) is 0.505. The fourth-order valence-corrected chi connectivity index (χ4v) is 3.03. The zero-order chi connectivity index (χ0) is 17.3. The van der Waals surface area contributed by atoms with Gasteiger partial charge in [-0.3, -0.25) is 4.79 Å². The van der Waals surface area contributed by atoms with Gasteiger partial charge in [-0.15, -0.1) is 12.4 Å². The number of hydrogen-bond donors (Lipinski definition) is 3. The van der Waals surface area contributed by atoms with Crippen molar-refractivity contribution in [3.05, 3.63) is 29.8 Å². The second-order valence-electron chi connectivity index (χ2n) is 5.21. The van der Waals surface area contributed by atoms with Crippen molar-refractivity contribution in [2.24, 2.45) is 5.92 Å². The molecule has 1 aromatic rings. The number of carbonyl (C=O) groups excluding carboxylic acids is 1. The summed E-state index contributed by atoms with van der Waals surface area (Å²) >= 11 is 0. The lowest BCUT2D eigenvalue weighted by Crippen LogP contribution is -2.34. The lowest BCUT2D eigenvalue weighted by molar-refractivity contribution is -0.124. The molecule has 1 rings (SSSR count). The van der Waals surface area contributed by atoms with E-state index in [0.29, 0.717) is 13.2 Å². The third-order valence-electron chi connectivity index (χ3n) is 3.23. The summed E-state index contributed by atoms with van der Waals surface area (Å²) in [5, 5.41) is 5.74. The molecule has 1 amide bonds. The summed E-state index contributed by atoms with van der Waals surface area (Å²) in [6, 6.07) is 6.50. The Morgan fingerprint density at radius 3 is 2.67 bits per heavy atom. The summed E-state index contributed by atoms with van der Waals surface area (Å²) in [4.78, 5) is 12.0. The van der Waals surface area contributed by atoms with Crippen molar-refractivity contribution in [1.29, 1.82) is 0 Å². The van der Waals surface area contributed by atoms with Crippen LogP contribution in [0.3, 0.4) is 0 Å². The minimum Gasteiger partial charge on any atom is -0.383 e. The molecular weight excluding hydrogens is 354 g/mol. The Kier molecular flexibility index (Phi) is 10.8. The number of hydrogen-bond acceptors (Lipinski definition) is 5. The van der Waals surface area contributed by atoms with Crippen LogP contribution in [0.25, 0.3) is 0 Å². The van der Waals surface area contributed by atoms with Crippen LogP contribution in [0.2, 0.25) is 0 Å². The Morgan fingerprint density at radius 1 is 1.33 bits per heavy atom. The van der Waals surface area contributed by atoms with Crippen molar-refractivity contribution < 1.29 is 17.9 Å². The molecule has 0 fully saturated rings. The third kappa shape index (κ3) is 7.59. The molecule has 24 heavy (non-hydrogen) atoms. The van der Waals surface area contributed by atoms with Crippen LogP contribution in [0.5, 0.6) is 0 Å². The molecule has 0 bridgehead atoms. The molecule has 0 radical (unpaired) electrons.